The first-order valence-corrected chi connectivity index (χ1v) is 9.04. The van der Waals surface area contributed by atoms with Crippen LogP contribution in [-0.4, -0.2) is 49.7 Å². The molecular formula is C18H18N6O5. The summed E-state index contributed by atoms with van der Waals surface area (Å²) >= 11 is 0. The maximum absolute atomic E-state index is 12.5. The minimum atomic E-state index is -0.700. The molecule has 3 heterocycles. The van der Waals surface area contributed by atoms with Gasteiger partial charge in [-0.3, -0.25) is 14.2 Å². The van der Waals surface area contributed by atoms with Gasteiger partial charge in [0.25, 0.3) is 5.56 Å². The zero-order valence-corrected chi connectivity index (χ0v) is 15.6. The third-order valence-electron chi connectivity index (χ3n) is 4.52. The van der Waals surface area contributed by atoms with Gasteiger partial charge >= 0.3 is 17.5 Å². The lowest BCUT2D eigenvalue weighted by molar-refractivity contribution is 0.0822. The number of amides is 1. The fraction of sp³-hybridized carbons (Fsp3) is 0.333. The Morgan fingerprint density at radius 3 is 2.79 bits per heavy atom. The number of hydrogen-bond donors (Lipinski definition) is 1. The summed E-state index contributed by atoms with van der Waals surface area (Å²) in [6.45, 7) is 1.01. The highest BCUT2D eigenvalue weighted by molar-refractivity contribution is 5.89. The van der Waals surface area contributed by atoms with E-state index in [2.05, 4.69) is 20.6 Å². The molecule has 1 atom stereocenters. The SMILES string of the molecule is Cn1c(=O)c(-c2noc(C(=O)NCC3CCCO3)n2)nn(-c2ccccc2)c1=O. The lowest BCUT2D eigenvalue weighted by atomic mass is 10.2. The number of hydrogen-bond acceptors (Lipinski definition) is 8. The Kier molecular flexibility index (Phi) is 5.04. The molecule has 0 saturated carbocycles. The van der Waals surface area contributed by atoms with E-state index in [1.807, 2.05) is 0 Å². The van der Waals surface area contributed by atoms with Gasteiger partial charge in [-0.25, -0.2) is 4.79 Å². The zero-order valence-electron chi connectivity index (χ0n) is 15.6. The van der Waals surface area contributed by atoms with Crippen LogP contribution in [0.3, 0.4) is 0 Å². The number of ether oxygens (including phenoxy) is 1. The molecule has 0 spiro atoms. The summed E-state index contributed by atoms with van der Waals surface area (Å²) in [6, 6.07) is 8.60. The molecule has 1 fully saturated rings. The van der Waals surface area contributed by atoms with Crippen molar-refractivity contribution in [2.24, 2.45) is 7.05 Å². The predicted molar refractivity (Wildman–Crippen MR) is 99.7 cm³/mol. The summed E-state index contributed by atoms with van der Waals surface area (Å²) in [5, 5.41) is 10.4. The van der Waals surface area contributed by atoms with E-state index < -0.39 is 17.2 Å². The highest BCUT2D eigenvalue weighted by Crippen LogP contribution is 2.12. The monoisotopic (exact) mass is 398 g/mol. The number of para-hydroxylation sites is 1. The number of nitrogens with zero attached hydrogens (tertiary/aromatic N) is 5. The third-order valence-corrected chi connectivity index (χ3v) is 4.52. The van der Waals surface area contributed by atoms with Gasteiger partial charge in [0.1, 0.15) is 0 Å². The van der Waals surface area contributed by atoms with Crippen molar-refractivity contribution in [2.75, 3.05) is 13.2 Å². The molecule has 150 valence electrons. The predicted octanol–water partition coefficient (Wildman–Crippen LogP) is -0.110. The molecule has 0 aliphatic carbocycles. The molecular weight excluding hydrogens is 380 g/mol. The highest BCUT2D eigenvalue weighted by atomic mass is 16.5. The van der Waals surface area contributed by atoms with E-state index in [0.29, 0.717) is 18.8 Å². The van der Waals surface area contributed by atoms with E-state index in [4.69, 9.17) is 9.26 Å². The van der Waals surface area contributed by atoms with Crippen LogP contribution in [0.5, 0.6) is 0 Å². The molecule has 1 aromatic carbocycles. The van der Waals surface area contributed by atoms with Crippen molar-refractivity contribution in [1.29, 1.82) is 0 Å². The Labute approximate surface area is 163 Å². The molecule has 1 N–H and O–H groups in total. The van der Waals surface area contributed by atoms with Crippen LogP contribution < -0.4 is 16.6 Å². The van der Waals surface area contributed by atoms with E-state index in [0.717, 1.165) is 22.1 Å². The van der Waals surface area contributed by atoms with Crippen LogP contribution in [0.15, 0.2) is 44.4 Å². The summed E-state index contributed by atoms with van der Waals surface area (Å²) in [7, 11) is 1.32. The van der Waals surface area contributed by atoms with E-state index in [1.165, 1.54) is 7.05 Å². The van der Waals surface area contributed by atoms with Crippen LogP contribution in [-0.2, 0) is 11.8 Å². The van der Waals surface area contributed by atoms with Gasteiger partial charge in [-0.2, -0.15) is 14.8 Å². The summed E-state index contributed by atoms with van der Waals surface area (Å²) in [5.41, 5.74) is -1.07. The van der Waals surface area contributed by atoms with E-state index >= 15 is 0 Å². The fourth-order valence-electron chi connectivity index (χ4n) is 2.95. The van der Waals surface area contributed by atoms with Crippen LogP contribution in [0, 0.1) is 0 Å². The molecule has 1 aliphatic heterocycles. The van der Waals surface area contributed by atoms with Gasteiger partial charge < -0.3 is 14.6 Å². The minimum absolute atomic E-state index is 0.0373. The second-order valence-corrected chi connectivity index (χ2v) is 6.51. The van der Waals surface area contributed by atoms with E-state index in [-0.39, 0.29) is 23.5 Å². The molecule has 0 radical (unpaired) electrons. The summed E-state index contributed by atoms with van der Waals surface area (Å²) in [4.78, 5) is 41.1. The molecule has 1 amide bonds. The van der Waals surface area contributed by atoms with Crippen LogP contribution >= 0.6 is 0 Å². The standard InChI is InChI=1S/C18H18N6O5/c1-23-17(26)13(21-24(18(23)27)11-6-3-2-4-7-11)14-20-16(29-22-14)15(25)19-10-12-8-5-9-28-12/h2-4,6-7,12H,5,8-10H2,1H3,(H,19,25). The second-order valence-electron chi connectivity index (χ2n) is 6.51. The molecule has 11 heteroatoms. The van der Waals surface area contributed by atoms with E-state index in [1.54, 1.807) is 30.3 Å². The maximum atomic E-state index is 12.5. The molecule has 1 unspecified atom stereocenters. The summed E-state index contributed by atoms with van der Waals surface area (Å²) in [5.74, 6) is -1.07. The Morgan fingerprint density at radius 1 is 1.28 bits per heavy atom. The Bertz CT molecular complexity index is 1140. The Morgan fingerprint density at radius 2 is 2.07 bits per heavy atom. The van der Waals surface area contributed by atoms with Gasteiger partial charge in [0.05, 0.1) is 11.8 Å². The topological polar surface area (TPSA) is 134 Å². The number of nitrogens with one attached hydrogen (secondary N) is 1. The normalized spacial score (nSPS) is 16.1. The van der Waals surface area contributed by atoms with Crippen molar-refractivity contribution in [2.45, 2.75) is 18.9 Å². The van der Waals surface area contributed by atoms with Gasteiger partial charge in [-0.05, 0) is 25.0 Å². The Hall–Kier alpha value is -3.60. The van der Waals surface area contributed by atoms with E-state index in [9.17, 15) is 14.4 Å². The summed E-state index contributed by atoms with van der Waals surface area (Å²) in [6.07, 6.45) is 1.79. The first-order chi connectivity index (χ1) is 14.0. The van der Waals surface area contributed by atoms with Crippen LogP contribution in [0.25, 0.3) is 17.2 Å². The van der Waals surface area contributed by atoms with Crippen molar-refractivity contribution in [3.8, 4) is 17.2 Å². The second kappa shape index (κ2) is 7.80. The molecule has 1 saturated heterocycles. The fourth-order valence-corrected chi connectivity index (χ4v) is 2.95. The first kappa shape index (κ1) is 18.7. The number of rotatable bonds is 5. The first-order valence-electron chi connectivity index (χ1n) is 9.04. The lowest BCUT2D eigenvalue weighted by Crippen LogP contribution is -2.40. The average Bonchev–Trinajstić information content (AvgIpc) is 3.43. The molecule has 3 aromatic rings. The van der Waals surface area contributed by atoms with Gasteiger partial charge in [-0.15, -0.1) is 0 Å². The van der Waals surface area contributed by atoms with Gasteiger partial charge in [0.15, 0.2) is 5.69 Å². The largest absolute Gasteiger partial charge is 0.376 e. The highest BCUT2D eigenvalue weighted by Gasteiger charge is 2.23. The quantitative estimate of drug-likeness (QED) is 0.629. The van der Waals surface area contributed by atoms with Crippen molar-refractivity contribution >= 4 is 5.91 Å². The molecule has 29 heavy (non-hydrogen) atoms. The molecule has 1 aliphatic rings. The minimum Gasteiger partial charge on any atom is -0.376 e. The molecule has 4 rings (SSSR count). The van der Waals surface area contributed by atoms with Crippen LogP contribution in [0.1, 0.15) is 23.5 Å². The van der Waals surface area contributed by atoms with Crippen molar-refractivity contribution < 1.29 is 14.1 Å². The number of aromatic nitrogens is 5. The Balaban J connectivity index is 1.63. The smallest absolute Gasteiger partial charge is 0.351 e. The zero-order chi connectivity index (χ0) is 20.4. The number of carbonyl (C=O) groups is 1. The van der Waals surface area contributed by atoms with Crippen molar-refractivity contribution in [1.82, 2.24) is 29.8 Å². The van der Waals surface area contributed by atoms with Gasteiger partial charge in [0, 0.05) is 20.2 Å². The van der Waals surface area contributed by atoms with Crippen molar-refractivity contribution in [3.05, 3.63) is 57.1 Å². The third kappa shape index (κ3) is 3.72. The summed E-state index contributed by atoms with van der Waals surface area (Å²) < 4.78 is 12.4. The van der Waals surface area contributed by atoms with Crippen LogP contribution in [0.4, 0.5) is 0 Å². The van der Waals surface area contributed by atoms with Crippen molar-refractivity contribution in [3.63, 3.8) is 0 Å². The molecule has 11 nitrogen and oxygen atoms in total. The average molecular weight is 398 g/mol. The van der Waals surface area contributed by atoms with Gasteiger partial charge in [0.2, 0.25) is 5.82 Å². The van der Waals surface area contributed by atoms with Gasteiger partial charge in [-0.1, -0.05) is 23.4 Å². The maximum Gasteiger partial charge on any atom is 0.351 e. The van der Waals surface area contributed by atoms with Crippen LogP contribution in [0.2, 0.25) is 0 Å². The lowest BCUT2D eigenvalue weighted by Gasteiger charge is -2.08. The number of carbonyl (C=O) groups excluding carboxylic acids is 1. The number of benzene rings is 1. The molecule has 2 aromatic heterocycles. The molecule has 0 bridgehead atoms.